The minimum atomic E-state index is -0.524. The van der Waals surface area contributed by atoms with Gasteiger partial charge < -0.3 is 25.0 Å². The van der Waals surface area contributed by atoms with Crippen molar-refractivity contribution >= 4 is 45.2 Å². The minimum absolute atomic E-state index is 0.131. The van der Waals surface area contributed by atoms with Crippen molar-refractivity contribution in [3.8, 4) is 17.3 Å². The fourth-order valence-corrected chi connectivity index (χ4v) is 8.49. The monoisotopic (exact) mass is 645 g/mol. The van der Waals surface area contributed by atoms with E-state index in [4.69, 9.17) is 31.0 Å². The summed E-state index contributed by atoms with van der Waals surface area (Å²) in [5.74, 6) is 0.126. The highest BCUT2D eigenvalue weighted by Crippen LogP contribution is 2.43. The number of alkyl carbamates (subject to hydrolysis) is 1. The zero-order valence-corrected chi connectivity index (χ0v) is 26.5. The van der Waals surface area contributed by atoms with Crippen LogP contribution in [0.25, 0.3) is 32.9 Å². The molecule has 0 saturated carbocycles. The van der Waals surface area contributed by atoms with Gasteiger partial charge in [-0.05, 0) is 56.5 Å². The maximum absolute atomic E-state index is 16.8. The first-order valence-corrected chi connectivity index (χ1v) is 16.6. The normalized spacial score (nSPS) is 25.7. The number of hydrogen-bond acceptors (Lipinski definition) is 9. The first-order chi connectivity index (χ1) is 22.4. The van der Waals surface area contributed by atoms with Crippen LogP contribution in [0.2, 0.25) is 5.02 Å². The summed E-state index contributed by atoms with van der Waals surface area (Å²) in [6.45, 7) is 3.17. The second-order valence-corrected chi connectivity index (χ2v) is 13.5. The maximum atomic E-state index is 16.8. The minimum Gasteiger partial charge on any atom is -0.461 e. The molecule has 2 aromatic carbocycles. The van der Waals surface area contributed by atoms with Gasteiger partial charge in [0.1, 0.15) is 30.2 Å². The third kappa shape index (κ3) is 5.09. The Morgan fingerprint density at radius 3 is 2.74 bits per heavy atom. The predicted molar refractivity (Wildman–Crippen MR) is 175 cm³/mol. The second-order valence-electron chi connectivity index (χ2n) is 13.1. The van der Waals surface area contributed by atoms with Crippen molar-refractivity contribution in [3.63, 3.8) is 0 Å². The summed E-state index contributed by atoms with van der Waals surface area (Å²) >= 11 is 6.63. The molecule has 4 fully saturated rings. The lowest BCUT2D eigenvalue weighted by Crippen LogP contribution is -2.51. The molecular formula is C34H37ClFN7O3. The number of carbonyl (C=O) groups is 1. The van der Waals surface area contributed by atoms with E-state index in [1.807, 2.05) is 30.3 Å². The van der Waals surface area contributed by atoms with Crippen LogP contribution in [0.4, 0.5) is 15.0 Å². The van der Waals surface area contributed by atoms with Crippen LogP contribution in [0.5, 0.6) is 6.01 Å². The van der Waals surface area contributed by atoms with Crippen LogP contribution >= 0.6 is 11.6 Å². The van der Waals surface area contributed by atoms with Crippen LogP contribution in [0.15, 0.2) is 42.6 Å². The number of hydrogen-bond donors (Lipinski definition) is 2. The van der Waals surface area contributed by atoms with Crippen molar-refractivity contribution in [1.82, 2.24) is 30.5 Å². The van der Waals surface area contributed by atoms with Crippen molar-refractivity contribution < 1.29 is 18.7 Å². The summed E-state index contributed by atoms with van der Waals surface area (Å²) in [4.78, 5) is 30.7. The first kappa shape index (κ1) is 29.6. The van der Waals surface area contributed by atoms with Gasteiger partial charge in [-0.25, -0.2) is 9.18 Å². The quantitative estimate of drug-likeness (QED) is 0.277. The van der Waals surface area contributed by atoms with Crippen molar-refractivity contribution in [1.29, 1.82) is 0 Å². The number of amides is 1. The molecule has 1 amide bonds. The van der Waals surface area contributed by atoms with Crippen molar-refractivity contribution in [2.45, 2.75) is 62.2 Å². The summed E-state index contributed by atoms with van der Waals surface area (Å²) in [5.41, 5.74) is 0.786. The number of anilines is 1. The number of rotatable bonds is 7. The van der Waals surface area contributed by atoms with Gasteiger partial charge in [-0.1, -0.05) is 41.9 Å². The summed E-state index contributed by atoms with van der Waals surface area (Å²) in [6, 6.07) is 12.3. The Morgan fingerprint density at radius 2 is 1.93 bits per heavy atom. The Balaban J connectivity index is 1.17. The van der Waals surface area contributed by atoms with Crippen molar-refractivity contribution in [2.24, 2.45) is 0 Å². The second kappa shape index (κ2) is 11.8. The van der Waals surface area contributed by atoms with E-state index in [2.05, 4.69) is 25.4 Å². The van der Waals surface area contributed by atoms with Gasteiger partial charge in [-0.3, -0.25) is 9.88 Å². The fraction of sp³-hybridized carbons (Fsp3) is 0.471. The first-order valence-electron chi connectivity index (χ1n) is 16.2. The number of halogens is 2. The zero-order chi connectivity index (χ0) is 31.4. The number of pyridine rings is 1. The number of aromatic nitrogens is 3. The molecule has 6 heterocycles. The third-order valence-corrected chi connectivity index (χ3v) is 10.7. The standard InChI is InChI=1S/C34H37ClFN7O3/c1-37-33(44)45-18-23-11-13-34(12-4-14-43(23)34)19-46-32-40-30-25(31(41-32)42-16-21-9-10-22(17-42)39-21)15-38-29(28(30)36)24-7-2-5-20-6-3-8-26(35)27(20)24/h2-3,5-8,15,21-23,39H,4,9-14,16-19H2,1H3,(H,37,44). The van der Waals surface area contributed by atoms with Gasteiger partial charge in [0, 0.05) is 60.4 Å². The average molecular weight is 646 g/mol. The summed E-state index contributed by atoms with van der Waals surface area (Å²) in [7, 11) is 1.56. The maximum Gasteiger partial charge on any atom is 0.406 e. The number of nitrogens with zero attached hydrogens (tertiary/aromatic N) is 5. The molecule has 4 aliphatic heterocycles. The topological polar surface area (TPSA) is 105 Å². The van der Waals surface area contributed by atoms with Crippen LogP contribution in [0.3, 0.4) is 0 Å². The van der Waals surface area contributed by atoms with E-state index in [1.165, 1.54) is 0 Å². The average Bonchev–Trinajstić information content (AvgIpc) is 3.75. The molecule has 2 N–H and O–H groups in total. The molecule has 8 rings (SSSR count). The van der Waals surface area contributed by atoms with Crippen molar-refractivity contribution in [2.75, 3.05) is 44.8 Å². The Bertz CT molecular complexity index is 1810. The molecule has 46 heavy (non-hydrogen) atoms. The van der Waals surface area contributed by atoms with E-state index in [-0.39, 0.29) is 28.8 Å². The van der Waals surface area contributed by atoms with Gasteiger partial charge in [-0.2, -0.15) is 9.97 Å². The molecule has 4 unspecified atom stereocenters. The number of piperazine rings is 1. The summed E-state index contributed by atoms with van der Waals surface area (Å²) in [6.07, 6.45) is 7.31. The zero-order valence-electron chi connectivity index (χ0n) is 25.8. The van der Waals surface area contributed by atoms with E-state index < -0.39 is 11.9 Å². The number of ether oxygens (including phenoxy) is 2. The molecule has 240 valence electrons. The lowest BCUT2D eigenvalue weighted by Gasteiger charge is -2.35. The van der Waals surface area contributed by atoms with E-state index in [0.29, 0.717) is 47.1 Å². The smallest absolute Gasteiger partial charge is 0.406 e. The van der Waals surface area contributed by atoms with E-state index in [9.17, 15) is 4.79 Å². The number of fused-ring (bicyclic) bond motifs is 5. The molecule has 0 spiro atoms. The molecule has 10 nitrogen and oxygen atoms in total. The largest absolute Gasteiger partial charge is 0.461 e. The summed E-state index contributed by atoms with van der Waals surface area (Å²) in [5, 5.41) is 8.95. The molecule has 0 radical (unpaired) electrons. The Morgan fingerprint density at radius 1 is 1.13 bits per heavy atom. The van der Waals surface area contributed by atoms with Crippen molar-refractivity contribution in [3.05, 3.63) is 53.4 Å². The molecular weight excluding hydrogens is 609 g/mol. The van der Waals surface area contributed by atoms with Gasteiger partial charge >= 0.3 is 12.1 Å². The molecule has 2 aromatic heterocycles. The highest BCUT2D eigenvalue weighted by atomic mass is 35.5. The molecule has 2 bridgehead atoms. The van der Waals surface area contributed by atoms with Gasteiger partial charge in [0.15, 0.2) is 5.82 Å². The number of nitrogens with one attached hydrogen (secondary N) is 2. The van der Waals surface area contributed by atoms with Crippen LogP contribution in [-0.2, 0) is 4.74 Å². The predicted octanol–water partition coefficient (Wildman–Crippen LogP) is 5.31. The van der Waals surface area contributed by atoms with Crippen LogP contribution in [-0.4, -0.2) is 89.5 Å². The van der Waals surface area contributed by atoms with E-state index in [1.54, 1.807) is 19.3 Å². The van der Waals surface area contributed by atoms with E-state index in [0.717, 1.165) is 68.9 Å². The Kier molecular flexibility index (Phi) is 7.57. The lowest BCUT2D eigenvalue weighted by atomic mass is 9.95. The fourth-order valence-electron chi connectivity index (χ4n) is 8.21. The molecule has 12 heteroatoms. The Hall–Kier alpha value is -3.80. The van der Waals surface area contributed by atoms with Gasteiger partial charge in [0.25, 0.3) is 0 Å². The van der Waals surface area contributed by atoms with E-state index >= 15 is 4.39 Å². The van der Waals surface area contributed by atoms with Crippen LogP contribution in [0, 0.1) is 5.82 Å². The number of carbonyl (C=O) groups excluding carboxylic acids is 1. The third-order valence-electron chi connectivity index (χ3n) is 10.4. The molecule has 0 aliphatic carbocycles. The highest BCUT2D eigenvalue weighted by molar-refractivity contribution is 6.36. The molecule has 4 aliphatic rings. The lowest BCUT2D eigenvalue weighted by molar-refractivity contribution is 0.0556. The van der Waals surface area contributed by atoms with Crippen LogP contribution < -0.4 is 20.3 Å². The Labute approximate surface area is 271 Å². The van der Waals surface area contributed by atoms with Gasteiger partial charge in [0.2, 0.25) is 0 Å². The van der Waals surface area contributed by atoms with Gasteiger partial charge in [-0.15, -0.1) is 0 Å². The summed E-state index contributed by atoms with van der Waals surface area (Å²) < 4.78 is 28.6. The highest BCUT2D eigenvalue weighted by Gasteiger charge is 2.50. The number of benzene rings is 2. The molecule has 4 atom stereocenters. The van der Waals surface area contributed by atoms with Gasteiger partial charge in [0.05, 0.1) is 10.9 Å². The SMILES string of the molecule is CNC(=O)OCC1CCC2(COc3nc(N4CC5CCC(C4)N5)c4cnc(-c5cccc6cccc(Cl)c56)c(F)c4n3)CCCN12. The molecule has 4 saturated heterocycles. The van der Waals surface area contributed by atoms with Crippen LogP contribution in [0.1, 0.15) is 38.5 Å². The molecule has 4 aromatic rings.